The van der Waals surface area contributed by atoms with E-state index in [9.17, 15) is 0 Å². The molecule has 0 saturated heterocycles. The predicted octanol–water partition coefficient (Wildman–Crippen LogP) is 9.34. The standard InChI is InChI=1S/C43H33N3O/c1-27-28(2)47-37-21-13-18-32(38(27)37)31-22-23-33-36(26-31)43(24-10-5-11-25-43)35-20-12-19-34(39(33)35)42-45-40(29-14-6-3-7-15-29)44-41(46-42)30-16-8-4-9-17-30/h3-4,6-9,12-23,26H,1-2,5,10-11,24-25H2. The molecule has 47 heavy (non-hydrogen) atoms. The number of fused-ring (bicyclic) bond motifs is 6. The van der Waals surface area contributed by atoms with Crippen LogP contribution < -0.4 is 10.6 Å². The fourth-order valence-corrected chi connectivity index (χ4v) is 8.02. The first-order valence-corrected chi connectivity index (χ1v) is 16.5. The third-order valence-corrected chi connectivity index (χ3v) is 10.2. The molecule has 2 aliphatic carbocycles. The van der Waals surface area contributed by atoms with Crippen molar-refractivity contribution < 1.29 is 4.42 Å². The van der Waals surface area contributed by atoms with Gasteiger partial charge in [-0.3, -0.25) is 0 Å². The summed E-state index contributed by atoms with van der Waals surface area (Å²) in [5, 5.41) is 1.89. The van der Waals surface area contributed by atoms with E-state index in [4.69, 9.17) is 19.4 Å². The minimum atomic E-state index is -0.0540. The maximum absolute atomic E-state index is 5.97. The summed E-state index contributed by atoms with van der Waals surface area (Å²) < 4.78 is 5.97. The zero-order valence-corrected chi connectivity index (χ0v) is 26.2. The van der Waals surface area contributed by atoms with Crippen LogP contribution in [-0.4, -0.2) is 15.0 Å². The van der Waals surface area contributed by atoms with E-state index in [2.05, 4.69) is 86.0 Å². The number of rotatable bonds is 4. The molecule has 9 rings (SSSR count). The molecule has 1 spiro atoms. The minimum absolute atomic E-state index is 0.0540. The van der Waals surface area contributed by atoms with Gasteiger partial charge in [0.1, 0.15) is 11.0 Å². The quantitative estimate of drug-likeness (QED) is 0.200. The Kier molecular flexibility index (Phi) is 6.32. The number of furan rings is 1. The number of aromatic nitrogens is 3. The molecule has 2 heterocycles. The highest BCUT2D eigenvalue weighted by Gasteiger charge is 2.45. The lowest BCUT2D eigenvalue weighted by Gasteiger charge is -2.36. The van der Waals surface area contributed by atoms with Crippen LogP contribution >= 0.6 is 0 Å². The van der Waals surface area contributed by atoms with Gasteiger partial charge in [-0.05, 0) is 58.4 Å². The number of hydrogen-bond donors (Lipinski definition) is 0. The molecule has 0 radical (unpaired) electrons. The molecule has 0 aliphatic heterocycles. The second kappa shape index (κ2) is 10.7. The van der Waals surface area contributed by atoms with Gasteiger partial charge in [-0.2, -0.15) is 0 Å². The van der Waals surface area contributed by atoms with Crippen LogP contribution in [0.3, 0.4) is 0 Å². The minimum Gasteiger partial charge on any atom is -0.457 e. The summed E-state index contributed by atoms with van der Waals surface area (Å²) in [6.07, 6.45) is 5.94. The zero-order valence-electron chi connectivity index (χ0n) is 26.2. The van der Waals surface area contributed by atoms with Gasteiger partial charge in [0.15, 0.2) is 17.5 Å². The molecule has 0 N–H and O–H groups in total. The second-order valence-electron chi connectivity index (χ2n) is 12.9. The van der Waals surface area contributed by atoms with Crippen molar-refractivity contribution in [2.24, 2.45) is 0 Å². The van der Waals surface area contributed by atoms with Crippen LogP contribution in [0.15, 0.2) is 120 Å². The Morgan fingerprint density at radius 1 is 0.532 bits per heavy atom. The van der Waals surface area contributed by atoms with E-state index in [1.165, 1.54) is 47.1 Å². The van der Waals surface area contributed by atoms with Crippen molar-refractivity contribution in [1.29, 1.82) is 0 Å². The van der Waals surface area contributed by atoms with E-state index in [0.29, 0.717) is 22.9 Å². The van der Waals surface area contributed by atoms with E-state index in [-0.39, 0.29) is 5.41 Å². The van der Waals surface area contributed by atoms with E-state index in [1.807, 2.05) is 42.5 Å². The third-order valence-electron chi connectivity index (χ3n) is 10.2. The van der Waals surface area contributed by atoms with Gasteiger partial charge in [-0.25, -0.2) is 15.0 Å². The largest absolute Gasteiger partial charge is 0.457 e. The maximum atomic E-state index is 5.97. The van der Waals surface area contributed by atoms with Crippen LogP contribution in [0, 0.1) is 0 Å². The number of nitrogens with zero attached hydrogens (tertiary/aromatic N) is 3. The molecule has 226 valence electrons. The van der Waals surface area contributed by atoms with Crippen LogP contribution in [0.1, 0.15) is 43.2 Å². The van der Waals surface area contributed by atoms with Crippen molar-refractivity contribution in [3.8, 4) is 56.4 Å². The smallest absolute Gasteiger partial charge is 0.164 e. The van der Waals surface area contributed by atoms with Crippen molar-refractivity contribution >= 4 is 24.1 Å². The summed E-state index contributed by atoms with van der Waals surface area (Å²) in [5.41, 5.74) is 12.0. The summed E-state index contributed by atoms with van der Waals surface area (Å²) in [7, 11) is 0. The fraction of sp³-hybridized carbons (Fsp3) is 0.140. The lowest BCUT2D eigenvalue weighted by atomic mass is 9.67. The SMILES string of the molecule is C=c1oc2cccc(-c3ccc4c(c3)C3(CCCCC3)c3cccc(-c5nc(-c6ccccc6)nc(-c6ccccc6)n5)c3-4)c2c1=C. The van der Waals surface area contributed by atoms with Gasteiger partial charge >= 0.3 is 0 Å². The lowest BCUT2D eigenvalue weighted by molar-refractivity contribution is 0.353. The summed E-state index contributed by atoms with van der Waals surface area (Å²) in [6, 6.07) is 40.4. The van der Waals surface area contributed by atoms with E-state index >= 15 is 0 Å². The molecule has 1 saturated carbocycles. The molecule has 5 aromatic carbocycles. The van der Waals surface area contributed by atoms with Crippen molar-refractivity contribution in [3.63, 3.8) is 0 Å². The van der Waals surface area contributed by atoms with Crippen LogP contribution in [0.5, 0.6) is 0 Å². The topological polar surface area (TPSA) is 51.8 Å². The Morgan fingerprint density at radius 3 is 1.87 bits per heavy atom. The van der Waals surface area contributed by atoms with Gasteiger partial charge in [0.05, 0.1) is 0 Å². The molecule has 2 aromatic heterocycles. The highest BCUT2D eigenvalue weighted by Crippen LogP contribution is 2.58. The molecule has 2 aliphatic rings. The van der Waals surface area contributed by atoms with E-state index < -0.39 is 0 Å². The van der Waals surface area contributed by atoms with Crippen LogP contribution in [0.4, 0.5) is 0 Å². The van der Waals surface area contributed by atoms with Gasteiger partial charge in [0.25, 0.3) is 0 Å². The van der Waals surface area contributed by atoms with Crippen LogP contribution in [0.25, 0.3) is 80.5 Å². The van der Waals surface area contributed by atoms with Crippen LogP contribution in [0.2, 0.25) is 0 Å². The number of benzene rings is 5. The van der Waals surface area contributed by atoms with Crippen molar-refractivity contribution in [1.82, 2.24) is 15.0 Å². The summed E-state index contributed by atoms with van der Waals surface area (Å²) >= 11 is 0. The Morgan fingerprint density at radius 2 is 1.17 bits per heavy atom. The van der Waals surface area contributed by atoms with Crippen LogP contribution in [-0.2, 0) is 5.41 Å². The highest BCUT2D eigenvalue weighted by atomic mass is 16.3. The molecule has 0 bridgehead atoms. The Hall–Kier alpha value is -5.61. The third kappa shape index (κ3) is 4.32. The normalized spacial score (nSPS) is 14.7. The van der Waals surface area contributed by atoms with E-state index in [0.717, 1.165) is 51.3 Å². The summed E-state index contributed by atoms with van der Waals surface area (Å²) in [6.45, 7) is 8.40. The lowest BCUT2D eigenvalue weighted by Crippen LogP contribution is -2.28. The molecule has 0 unspecified atom stereocenters. The Bertz CT molecular complexity index is 2360. The molecular weight excluding hydrogens is 574 g/mol. The monoisotopic (exact) mass is 607 g/mol. The molecular formula is C43H33N3O. The first-order valence-electron chi connectivity index (χ1n) is 16.5. The zero-order chi connectivity index (χ0) is 31.5. The first kappa shape index (κ1) is 27.7. The van der Waals surface area contributed by atoms with Crippen molar-refractivity contribution in [2.45, 2.75) is 37.5 Å². The first-order chi connectivity index (χ1) is 23.1. The highest BCUT2D eigenvalue weighted by molar-refractivity contribution is 5.97. The molecule has 4 nitrogen and oxygen atoms in total. The van der Waals surface area contributed by atoms with Crippen molar-refractivity contribution in [2.75, 3.05) is 0 Å². The maximum Gasteiger partial charge on any atom is 0.164 e. The van der Waals surface area contributed by atoms with Gasteiger partial charge < -0.3 is 4.42 Å². The summed E-state index contributed by atoms with van der Waals surface area (Å²) in [4.78, 5) is 15.3. The van der Waals surface area contributed by atoms with Gasteiger partial charge in [0, 0.05) is 32.7 Å². The molecule has 1 fully saturated rings. The summed E-state index contributed by atoms with van der Waals surface area (Å²) in [5.74, 6) is 2.05. The second-order valence-corrected chi connectivity index (χ2v) is 12.9. The molecule has 7 aromatic rings. The molecule has 0 atom stereocenters. The van der Waals surface area contributed by atoms with E-state index in [1.54, 1.807) is 0 Å². The molecule has 0 amide bonds. The van der Waals surface area contributed by atoms with Gasteiger partial charge in [-0.1, -0.05) is 136 Å². The average molecular weight is 608 g/mol. The van der Waals surface area contributed by atoms with Gasteiger partial charge in [0.2, 0.25) is 0 Å². The Labute approximate surface area is 273 Å². The molecule has 4 heteroatoms. The Balaban J connectivity index is 1.28. The number of hydrogen-bond acceptors (Lipinski definition) is 4. The average Bonchev–Trinajstić information content (AvgIpc) is 3.58. The van der Waals surface area contributed by atoms with Crippen molar-refractivity contribution in [3.05, 3.63) is 137 Å². The fourth-order valence-electron chi connectivity index (χ4n) is 8.02. The predicted molar refractivity (Wildman–Crippen MR) is 191 cm³/mol. The van der Waals surface area contributed by atoms with Gasteiger partial charge in [-0.15, -0.1) is 0 Å².